The Bertz CT molecular complexity index is 128. The summed E-state index contributed by atoms with van der Waals surface area (Å²) in [7, 11) is 5.76. The Morgan fingerprint density at radius 1 is 1.57 bits per heavy atom. The minimum atomic E-state index is -1.63. The van der Waals surface area contributed by atoms with Gasteiger partial charge in [0.25, 0.3) is 0 Å². The average Bonchev–Trinajstić information content (AvgIpc) is 1.91. The van der Waals surface area contributed by atoms with Crippen LogP contribution in [0.5, 0.6) is 0 Å². The van der Waals surface area contributed by atoms with E-state index in [1.807, 2.05) is 17.1 Å². The summed E-state index contributed by atoms with van der Waals surface area (Å²) in [5, 5.41) is 0. The predicted molar refractivity (Wildman–Crippen MR) is 36.1 cm³/mol. The molecule has 1 aliphatic heterocycles. The molecule has 1 heterocycles. The van der Waals surface area contributed by atoms with Crippen LogP contribution in [0.1, 0.15) is 0 Å². The van der Waals surface area contributed by atoms with E-state index in [1.165, 1.54) is 0 Å². The van der Waals surface area contributed by atoms with Crippen LogP contribution in [0.3, 0.4) is 0 Å². The maximum atomic E-state index is 5.76. The molecule has 0 aliphatic carbocycles. The predicted octanol–water partition coefficient (Wildman–Crippen LogP) is 1.72. The molecule has 38 valence electrons. The third-order valence-corrected chi connectivity index (χ3v) is 7.39. The Balaban J connectivity index is 2.69. The van der Waals surface area contributed by atoms with Gasteiger partial charge < -0.3 is 0 Å². The summed E-state index contributed by atoms with van der Waals surface area (Å²) in [6, 6.07) is 0. The van der Waals surface area contributed by atoms with E-state index in [9.17, 15) is 0 Å². The molecule has 1 unspecified atom stereocenters. The molecule has 7 heavy (non-hydrogen) atoms. The number of hydrogen-bond donors (Lipinski definition) is 0. The average molecular weight is 196 g/mol. The van der Waals surface area contributed by atoms with Crippen LogP contribution >= 0.6 is 21.6 Å². The van der Waals surface area contributed by atoms with E-state index in [-0.39, 0.29) is 0 Å². The molecule has 0 aromatic heterocycles. The zero-order valence-electron chi connectivity index (χ0n) is 3.57. The Morgan fingerprint density at radius 3 is 2.43 bits per heavy atom. The summed E-state index contributed by atoms with van der Waals surface area (Å²) in [4.78, 5) is 2.02. The van der Waals surface area contributed by atoms with Crippen molar-refractivity contribution in [1.29, 1.82) is 0 Å². The Morgan fingerprint density at radius 2 is 2.29 bits per heavy atom. The van der Waals surface area contributed by atoms with Gasteiger partial charge in [-0.2, -0.15) is 0 Å². The Hall–Kier alpha value is 0.603. The molecule has 0 aromatic rings. The van der Waals surface area contributed by atoms with E-state index >= 15 is 0 Å². The van der Waals surface area contributed by atoms with E-state index in [1.54, 1.807) is 0 Å². The zero-order valence-corrected chi connectivity index (χ0v) is 7.50. The standard InChI is InChI=1S/C4H4Cl2Ge/c5-4-2-1-3-7(4)6/h1-3,7H. The van der Waals surface area contributed by atoms with Gasteiger partial charge in [0.05, 0.1) is 0 Å². The van der Waals surface area contributed by atoms with Crippen LogP contribution in [0, 0.1) is 0 Å². The Labute approximate surface area is 56.1 Å². The molecule has 0 fully saturated rings. The van der Waals surface area contributed by atoms with Crippen molar-refractivity contribution in [1.82, 2.24) is 0 Å². The second kappa shape index (κ2) is 2.25. The van der Waals surface area contributed by atoms with Gasteiger partial charge in [0, 0.05) is 0 Å². The molecule has 3 heteroatoms. The first kappa shape index (κ1) is 5.73. The van der Waals surface area contributed by atoms with E-state index in [0.29, 0.717) is 0 Å². The third kappa shape index (κ3) is 1.24. The number of halogens is 2. The summed E-state index contributed by atoms with van der Waals surface area (Å²) < 4.78 is 0.897. The van der Waals surface area contributed by atoms with Gasteiger partial charge in [-0.3, -0.25) is 0 Å². The SMILES string of the molecule is Cl[C]1=CC=[CH][GeH]1[Cl]. The quantitative estimate of drug-likeness (QED) is 0.517. The van der Waals surface area contributed by atoms with Gasteiger partial charge >= 0.3 is 56.0 Å². The molecule has 0 radical (unpaired) electrons. The van der Waals surface area contributed by atoms with Gasteiger partial charge in [0.2, 0.25) is 0 Å². The molecule has 0 saturated heterocycles. The van der Waals surface area contributed by atoms with Crippen LogP contribution in [0.25, 0.3) is 0 Å². The summed E-state index contributed by atoms with van der Waals surface area (Å²) in [5.74, 6) is 0. The van der Waals surface area contributed by atoms with Crippen molar-refractivity contribution in [3.63, 3.8) is 0 Å². The fourth-order valence-corrected chi connectivity index (χ4v) is 3.34. The van der Waals surface area contributed by atoms with E-state index < -0.39 is 13.4 Å². The maximum absolute atomic E-state index is 5.76. The van der Waals surface area contributed by atoms with Crippen LogP contribution in [0.4, 0.5) is 0 Å². The molecule has 0 bridgehead atoms. The normalized spacial score (nSPS) is 28.3. The van der Waals surface area contributed by atoms with Crippen molar-refractivity contribution in [2.75, 3.05) is 0 Å². The third-order valence-electron chi connectivity index (χ3n) is 0.799. The topological polar surface area (TPSA) is 0 Å². The first-order chi connectivity index (χ1) is 3.30. The van der Waals surface area contributed by atoms with Crippen molar-refractivity contribution < 1.29 is 0 Å². The minimum absolute atomic E-state index is 0.897. The first-order valence-electron chi connectivity index (χ1n) is 1.98. The van der Waals surface area contributed by atoms with Gasteiger partial charge in [-0.05, 0) is 0 Å². The molecule has 0 N–H and O–H groups in total. The van der Waals surface area contributed by atoms with Crippen molar-refractivity contribution >= 4 is 35.0 Å². The van der Waals surface area contributed by atoms with Gasteiger partial charge in [-0.1, -0.05) is 0 Å². The molecular formula is C4H4Cl2Ge. The second-order valence-corrected chi connectivity index (χ2v) is 8.78. The van der Waals surface area contributed by atoms with Crippen molar-refractivity contribution in [3.8, 4) is 0 Å². The molecular weight excluding hydrogens is 192 g/mol. The summed E-state index contributed by atoms with van der Waals surface area (Å²) >= 11 is 3.98. The summed E-state index contributed by atoms with van der Waals surface area (Å²) in [6.07, 6.45) is 3.80. The molecule has 1 rings (SSSR count). The fourth-order valence-electron chi connectivity index (χ4n) is 0.429. The molecule has 0 aromatic carbocycles. The molecule has 0 saturated carbocycles. The molecule has 1 aliphatic rings. The molecule has 1 atom stereocenters. The number of allylic oxidation sites excluding steroid dienone is 2. The second-order valence-electron chi connectivity index (χ2n) is 1.34. The number of hydrogen-bond acceptors (Lipinski definition) is 0. The van der Waals surface area contributed by atoms with E-state index in [2.05, 4.69) is 0 Å². The van der Waals surface area contributed by atoms with Gasteiger partial charge in [0.1, 0.15) is 0 Å². The van der Waals surface area contributed by atoms with Crippen LogP contribution in [0.15, 0.2) is 20.9 Å². The number of rotatable bonds is 0. The zero-order chi connectivity index (χ0) is 5.28. The van der Waals surface area contributed by atoms with Crippen molar-refractivity contribution in [2.24, 2.45) is 0 Å². The van der Waals surface area contributed by atoms with E-state index in [4.69, 9.17) is 21.6 Å². The molecule has 0 nitrogen and oxygen atoms in total. The fraction of sp³-hybridized carbons (Fsp3) is 0. The van der Waals surface area contributed by atoms with E-state index in [0.717, 1.165) is 3.86 Å². The van der Waals surface area contributed by atoms with Crippen molar-refractivity contribution in [2.45, 2.75) is 0 Å². The Kier molecular flexibility index (Phi) is 1.84. The van der Waals surface area contributed by atoms with Crippen LogP contribution in [0.2, 0.25) is 0 Å². The van der Waals surface area contributed by atoms with Gasteiger partial charge in [-0.15, -0.1) is 0 Å². The van der Waals surface area contributed by atoms with Crippen LogP contribution in [-0.4, -0.2) is 13.4 Å². The van der Waals surface area contributed by atoms with Crippen LogP contribution < -0.4 is 0 Å². The summed E-state index contributed by atoms with van der Waals surface area (Å²) in [5.41, 5.74) is 0. The van der Waals surface area contributed by atoms with Gasteiger partial charge in [0.15, 0.2) is 0 Å². The molecule has 0 amide bonds. The monoisotopic (exact) mass is 196 g/mol. The first-order valence-corrected chi connectivity index (χ1v) is 8.16. The van der Waals surface area contributed by atoms with Gasteiger partial charge in [-0.25, -0.2) is 0 Å². The van der Waals surface area contributed by atoms with Crippen molar-refractivity contribution in [3.05, 3.63) is 20.9 Å². The summed E-state index contributed by atoms with van der Waals surface area (Å²) in [6.45, 7) is 0. The molecule has 0 spiro atoms. The van der Waals surface area contributed by atoms with Crippen LogP contribution in [-0.2, 0) is 0 Å².